The molecule has 1 saturated heterocycles. The van der Waals surface area contributed by atoms with Crippen molar-refractivity contribution in [3.8, 4) is 5.75 Å². The Kier molecular flexibility index (Phi) is 6.66. The van der Waals surface area contributed by atoms with E-state index in [0.717, 1.165) is 16.7 Å². The van der Waals surface area contributed by atoms with Crippen LogP contribution in [0.4, 0.5) is 19.0 Å². The summed E-state index contributed by atoms with van der Waals surface area (Å²) in [5.74, 6) is 0.0217. The number of rotatable bonds is 7. The summed E-state index contributed by atoms with van der Waals surface area (Å²) < 4.78 is 45.7. The molecule has 0 unspecified atom stereocenters. The second-order valence-corrected chi connectivity index (χ2v) is 8.02. The zero-order valence-corrected chi connectivity index (χ0v) is 18.2. The van der Waals surface area contributed by atoms with Crippen molar-refractivity contribution in [1.29, 1.82) is 0 Å². The highest BCUT2D eigenvalue weighted by molar-refractivity contribution is 5.78. The van der Waals surface area contributed by atoms with Gasteiger partial charge in [0.05, 0.1) is 6.61 Å². The van der Waals surface area contributed by atoms with Gasteiger partial charge in [0.2, 0.25) is 5.91 Å². The molecule has 33 heavy (non-hydrogen) atoms. The Bertz CT molecular complexity index is 1080. The van der Waals surface area contributed by atoms with Crippen LogP contribution in [0.2, 0.25) is 0 Å². The normalized spacial score (nSPS) is 15.1. The van der Waals surface area contributed by atoms with Crippen molar-refractivity contribution in [2.45, 2.75) is 25.4 Å². The highest BCUT2D eigenvalue weighted by Crippen LogP contribution is 2.29. The number of hydrogen-bond acceptors (Lipinski definition) is 6. The van der Waals surface area contributed by atoms with Crippen molar-refractivity contribution in [2.24, 2.45) is 5.92 Å². The zero-order chi connectivity index (χ0) is 23.4. The topological polar surface area (TPSA) is 75.9 Å². The van der Waals surface area contributed by atoms with E-state index in [1.54, 1.807) is 18.0 Å². The molecular weight excluding hydrogens is 437 g/mol. The summed E-state index contributed by atoms with van der Waals surface area (Å²) in [5, 5.41) is 10.8. The van der Waals surface area contributed by atoms with Gasteiger partial charge < -0.3 is 14.5 Å². The van der Waals surface area contributed by atoms with Crippen molar-refractivity contribution in [2.75, 3.05) is 38.2 Å². The van der Waals surface area contributed by atoms with E-state index < -0.39 is 12.0 Å². The minimum Gasteiger partial charge on any atom is -0.494 e. The summed E-state index contributed by atoms with van der Waals surface area (Å²) in [5.41, 5.74) is 0.0361. The second kappa shape index (κ2) is 9.63. The van der Waals surface area contributed by atoms with Crippen LogP contribution < -0.4 is 9.64 Å². The molecule has 1 aromatic carbocycles. The van der Waals surface area contributed by atoms with Gasteiger partial charge in [-0.05, 0) is 43.5 Å². The third-order valence-corrected chi connectivity index (χ3v) is 5.70. The molecule has 0 bridgehead atoms. The molecule has 8 nitrogen and oxygen atoms in total. The molecule has 0 N–H and O–H groups in total. The maximum absolute atomic E-state index is 13.1. The average Bonchev–Trinajstić information content (AvgIpc) is 3.26. The number of hydrogen-bond donors (Lipinski definition) is 0. The number of para-hydroxylation sites is 1. The van der Waals surface area contributed by atoms with Gasteiger partial charge in [0.25, 0.3) is 5.82 Å². The molecule has 0 radical (unpaired) electrons. The van der Waals surface area contributed by atoms with Gasteiger partial charge >= 0.3 is 6.18 Å². The third kappa shape index (κ3) is 5.35. The van der Waals surface area contributed by atoms with Crippen molar-refractivity contribution < 1.29 is 22.7 Å². The summed E-state index contributed by atoms with van der Waals surface area (Å²) in [6.45, 7) is 2.18. The van der Waals surface area contributed by atoms with Crippen LogP contribution in [0.1, 0.15) is 25.1 Å². The molecule has 1 fully saturated rings. The first-order valence-corrected chi connectivity index (χ1v) is 10.8. The molecule has 1 amide bonds. The number of nitrogens with zero attached hydrogens (tertiary/aromatic N) is 6. The lowest BCUT2D eigenvalue weighted by molar-refractivity contribution is -0.146. The minimum atomic E-state index is -4.64. The molecule has 0 spiro atoms. The van der Waals surface area contributed by atoms with Crippen LogP contribution in [0.15, 0.2) is 42.5 Å². The first kappa shape index (κ1) is 22.8. The lowest BCUT2D eigenvalue weighted by atomic mass is 9.95. The van der Waals surface area contributed by atoms with E-state index >= 15 is 0 Å². The number of aromatic nitrogens is 4. The van der Waals surface area contributed by atoms with E-state index in [0.29, 0.717) is 44.9 Å². The van der Waals surface area contributed by atoms with Gasteiger partial charge in [0, 0.05) is 32.6 Å². The first-order valence-electron chi connectivity index (χ1n) is 10.8. The Morgan fingerprint density at radius 1 is 1.12 bits per heavy atom. The van der Waals surface area contributed by atoms with Crippen molar-refractivity contribution in [3.05, 3.63) is 48.3 Å². The Hall–Kier alpha value is -3.37. The van der Waals surface area contributed by atoms with Gasteiger partial charge in [-0.3, -0.25) is 4.79 Å². The number of carbonyl (C=O) groups excluding carboxylic acids is 1. The third-order valence-electron chi connectivity index (χ3n) is 5.70. The van der Waals surface area contributed by atoms with E-state index in [1.165, 1.54) is 6.07 Å². The predicted octanol–water partition coefficient (Wildman–Crippen LogP) is 3.29. The Labute approximate surface area is 189 Å². The summed E-state index contributed by atoms with van der Waals surface area (Å²) >= 11 is 0. The van der Waals surface area contributed by atoms with Crippen LogP contribution in [0.25, 0.3) is 5.65 Å². The number of piperidine rings is 1. The molecule has 1 aliphatic rings. The van der Waals surface area contributed by atoms with Gasteiger partial charge in [-0.1, -0.05) is 18.2 Å². The minimum absolute atomic E-state index is 0.0361. The predicted molar refractivity (Wildman–Crippen MR) is 115 cm³/mol. The number of anilines is 1. The van der Waals surface area contributed by atoms with Gasteiger partial charge in [0.1, 0.15) is 11.6 Å². The fourth-order valence-electron chi connectivity index (χ4n) is 3.91. The number of benzene rings is 1. The number of fused-ring (bicyclic) bond motifs is 1. The number of amides is 1. The number of carbonyl (C=O) groups is 1. The monoisotopic (exact) mass is 462 g/mol. The summed E-state index contributed by atoms with van der Waals surface area (Å²) in [7, 11) is 1.79. The van der Waals surface area contributed by atoms with Crippen LogP contribution in [-0.2, 0) is 11.0 Å². The van der Waals surface area contributed by atoms with Crippen molar-refractivity contribution >= 4 is 17.4 Å². The maximum atomic E-state index is 13.1. The van der Waals surface area contributed by atoms with Crippen LogP contribution in [0, 0.1) is 5.92 Å². The smallest absolute Gasteiger partial charge is 0.453 e. The van der Waals surface area contributed by atoms with Crippen LogP contribution in [-0.4, -0.2) is 63.9 Å². The quantitative estimate of drug-likeness (QED) is 0.502. The largest absolute Gasteiger partial charge is 0.494 e. The summed E-state index contributed by atoms with van der Waals surface area (Å²) in [6, 6.07) is 12.6. The van der Waals surface area contributed by atoms with Crippen LogP contribution in [0.5, 0.6) is 5.75 Å². The van der Waals surface area contributed by atoms with E-state index in [1.807, 2.05) is 35.2 Å². The fraction of sp³-hybridized carbons (Fsp3) is 0.455. The molecule has 0 aliphatic carbocycles. The van der Waals surface area contributed by atoms with E-state index in [9.17, 15) is 18.0 Å². The molecule has 11 heteroatoms. The van der Waals surface area contributed by atoms with Crippen molar-refractivity contribution in [3.63, 3.8) is 0 Å². The first-order chi connectivity index (χ1) is 15.8. The number of ether oxygens (including phenoxy) is 1. The molecule has 3 aromatic rings. The molecule has 3 heterocycles. The van der Waals surface area contributed by atoms with Gasteiger partial charge in [-0.2, -0.15) is 17.7 Å². The molecule has 0 saturated carbocycles. The number of halogens is 3. The SMILES string of the molecule is CN(CCCOc1ccccc1)C(=O)C1CCN(c2ccc3nnc(C(F)(F)F)n3n2)CC1. The van der Waals surface area contributed by atoms with E-state index in [-0.39, 0.29) is 17.5 Å². The Morgan fingerprint density at radius 2 is 1.85 bits per heavy atom. The summed E-state index contributed by atoms with van der Waals surface area (Å²) in [6.07, 6.45) is -2.70. The standard InChI is InChI=1S/C22H25F3N6O2/c1-29(12-5-15-33-17-6-3-2-4-7-17)20(32)16-10-13-30(14-11-16)19-9-8-18-26-27-21(22(23,24)25)31(18)28-19/h2-4,6-9,16H,5,10-15H2,1H3. The lowest BCUT2D eigenvalue weighted by Gasteiger charge is -2.33. The molecule has 1 aliphatic heterocycles. The highest BCUT2D eigenvalue weighted by atomic mass is 19.4. The molecule has 176 valence electrons. The van der Waals surface area contributed by atoms with Crippen molar-refractivity contribution in [1.82, 2.24) is 24.7 Å². The Morgan fingerprint density at radius 3 is 2.55 bits per heavy atom. The maximum Gasteiger partial charge on any atom is 0.453 e. The molecule has 0 atom stereocenters. The average molecular weight is 462 g/mol. The fourth-order valence-corrected chi connectivity index (χ4v) is 3.91. The van der Waals surface area contributed by atoms with Gasteiger partial charge in [0.15, 0.2) is 5.65 Å². The highest BCUT2D eigenvalue weighted by Gasteiger charge is 2.38. The van der Waals surface area contributed by atoms with Crippen LogP contribution >= 0.6 is 0 Å². The van der Waals surface area contributed by atoms with Gasteiger partial charge in [-0.15, -0.1) is 15.3 Å². The Balaban J connectivity index is 1.28. The molecule has 2 aromatic heterocycles. The molecular formula is C22H25F3N6O2. The number of alkyl halides is 3. The van der Waals surface area contributed by atoms with Gasteiger partial charge in [-0.25, -0.2) is 0 Å². The molecule has 4 rings (SSSR count). The van der Waals surface area contributed by atoms with E-state index in [2.05, 4.69) is 15.3 Å². The lowest BCUT2D eigenvalue weighted by Crippen LogP contribution is -2.42. The van der Waals surface area contributed by atoms with E-state index in [4.69, 9.17) is 4.74 Å². The zero-order valence-electron chi connectivity index (χ0n) is 18.2. The van der Waals surface area contributed by atoms with Crippen LogP contribution in [0.3, 0.4) is 0 Å². The summed E-state index contributed by atoms with van der Waals surface area (Å²) in [4.78, 5) is 16.4. The second-order valence-electron chi connectivity index (χ2n) is 8.02.